The van der Waals surface area contributed by atoms with Crippen molar-refractivity contribution in [2.24, 2.45) is 10.9 Å². The zero-order valence-electron chi connectivity index (χ0n) is 23.3. The first-order valence-electron chi connectivity index (χ1n) is 14.1. The summed E-state index contributed by atoms with van der Waals surface area (Å²) in [6.45, 7) is 7.49. The van der Waals surface area contributed by atoms with Gasteiger partial charge in [0, 0.05) is 24.4 Å². The Morgan fingerprint density at radius 2 is 1.69 bits per heavy atom. The van der Waals surface area contributed by atoms with E-state index in [4.69, 9.17) is 9.73 Å². The molecule has 2 heterocycles. The molecule has 2 aliphatic rings. The molecule has 2 aromatic rings. The lowest BCUT2D eigenvalue weighted by atomic mass is 9.96. The molecular formula is C31H40N4O4. The number of alkyl carbamates (subject to hydrolysis) is 1. The third-order valence-electron chi connectivity index (χ3n) is 7.17. The van der Waals surface area contributed by atoms with Crippen molar-refractivity contribution in [2.75, 3.05) is 24.5 Å². The molecule has 1 N–H and O–H groups in total. The average molecular weight is 533 g/mol. The van der Waals surface area contributed by atoms with Gasteiger partial charge in [0.15, 0.2) is 0 Å². The number of likely N-dealkylation sites (tertiary alicyclic amines) is 1. The van der Waals surface area contributed by atoms with Crippen LogP contribution in [0.2, 0.25) is 0 Å². The maximum Gasteiger partial charge on any atom is 0.409 e. The molecule has 0 spiro atoms. The molecule has 3 amide bonds. The van der Waals surface area contributed by atoms with Crippen LogP contribution in [0.1, 0.15) is 69.1 Å². The number of carbonyl (C=O) groups excluding carboxylic acids is 3. The second-order valence-corrected chi connectivity index (χ2v) is 10.8. The number of aliphatic imine (C=N–C) groups is 1. The first kappa shape index (κ1) is 28.3. The van der Waals surface area contributed by atoms with E-state index in [-0.39, 0.29) is 25.0 Å². The highest BCUT2D eigenvalue weighted by molar-refractivity contribution is 6.15. The van der Waals surface area contributed by atoms with E-state index in [1.807, 2.05) is 60.4 Å². The van der Waals surface area contributed by atoms with Crippen LogP contribution in [0.25, 0.3) is 0 Å². The summed E-state index contributed by atoms with van der Waals surface area (Å²) in [6.07, 6.45) is 4.03. The minimum Gasteiger partial charge on any atom is -0.445 e. The molecule has 2 aliphatic heterocycles. The summed E-state index contributed by atoms with van der Waals surface area (Å²) in [6, 6.07) is 15.2. The Balaban J connectivity index is 1.62. The van der Waals surface area contributed by atoms with Gasteiger partial charge in [-0.25, -0.2) is 4.79 Å². The molecule has 0 radical (unpaired) electrons. The molecule has 39 heavy (non-hydrogen) atoms. The summed E-state index contributed by atoms with van der Waals surface area (Å²) in [5.41, 5.74) is 3.95. The number of hydrogen-bond acceptors (Lipinski definition) is 5. The molecule has 0 unspecified atom stereocenters. The molecule has 0 bridgehead atoms. The predicted octanol–water partition coefficient (Wildman–Crippen LogP) is 5.22. The van der Waals surface area contributed by atoms with Crippen LogP contribution in [0.3, 0.4) is 0 Å². The van der Waals surface area contributed by atoms with Gasteiger partial charge in [-0.05, 0) is 43.2 Å². The fourth-order valence-electron chi connectivity index (χ4n) is 5.20. The number of para-hydroxylation sites is 1. The van der Waals surface area contributed by atoms with E-state index in [1.165, 1.54) is 11.3 Å². The summed E-state index contributed by atoms with van der Waals surface area (Å²) < 4.78 is 5.41. The molecule has 8 nitrogen and oxygen atoms in total. The number of benzodiazepines with no additional fused rings is 1. The maximum absolute atomic E-state index is 14.0. The van der Waals surface area contributed by atoms with Gasteiger partial charge in [0.2, 0.25) is 12.1 Å². The van der Waals surface area contributed by atoms with Gasteiger partial charge in [-0.3, -0.25) is 24.8 Å². The maximum atomic E-state index is 14.0. The van der Waals surface area contributed by atoms with Crippen molar-refractivity contribution in [1.29, 1.82) is 0 Å². The van der Waals surface area contributed by atoms with Crippen molar-refractivity contribution >= 4 is 29.3 Å². The molecule has 8 heteroatoms. The van der Waals surface area contributed by atoms with Crippen molar-refractivity contribution < 1.29 is 19.1 Å². The number of ether oxygens (including phenoxy) is 1. The number of amides is 3. The fourth-order valence-corrected chi connectivity index (χ4v) is 5.20. The topological polar surface area (TPSA) is 91.3 Å². The first-order chi connectivity index (χ1) is 18.8. The van der Waals surface area contributed by atoms with Crippen LogP contribution in [0, 0.1) is 12.8 Å². The van der Waals surface area contributed by atoms with Gasteiger partial charge in [0.05, 0.1) is 5.69 Å². The molecule has 0 aliphatic carbocycles. The van der Waals surface area contributed by atoms with Crippen molar-refractivity contribution in [1.82, 2.24) is 10.2 Å². The Kier molecular flexibility index (Phi) is 9.74. The van der Waals surface area contributed by atoms with Gasteiger partial charge < -0.3 is 9.64 Å². The summed E-state index contributed by atoms with van der Waals surface area (Å²) in [5.74, 6) is -0.259. The third kappa shape index (κ3) is 7.46. The number of benzene rings is 2. The zero-order valence-corrected chi connectivity index (χ0v) is 23.3. The third-order valence-corrected chi connectivity index (χ3v) is 7.17. The molecule has 208 valence electrons. The van der Waals surface area contributed by atoms with Gasteiger partial charge in [0.25, 0.3) is 5.91 Å². The normalized spacial score (nSPS) is 18.0. The van der Waals surface area contributed by atoms with Crippen LogP contribution in [0.5, 0.6) is 0 Å². The van der Waals surface area contributed by atoms with E-state index in [0.717, 1.165) is 48.1 Å². The summed E-state index contributed by atoms with van der Waals surface area (Å²) in [4.78, 5) is 48.5. The van der Waals surface area contributed by atoms with E-state index in [9.17, 15) is 14.4 Å². The second kappa shape index (κ2) is 13.4. The van der Waals surface area contributed by atoms with Crippen LogP contribution in [0.15, 0.2) is 53.5 Å². The minimum atomic E-state index is -1.20. The number of rotatable bonds is 7. The van der Waals surface area contributed by atoms with Crippen LogP contribution in [0.4, 0.5) is 10.5 Å². The number of carbonyl (C=O) groups is 3. The lowest BCUT2D eigenvalue weighted by Crippen LogP contribution is -2.51. The van der Waals surface area contributed by atoms with Crippen LogP contribution >= 0.6 is 0 Å². The monoisotopic (exact) mass is 532 g/mol. The Labute approximate surface area is 231 Å². The lowest BCUT2D eigenvalue weighted by Gasteiger charge is -2.30. The van der Waals surface area contributed by atoms with Crippen molar-refractivity contribution in [3.05, 3.63) is 65.2 Å². The van der Waals surface area contributed by atoms with Crippen molar-refractivity contribution in [2.45, 2.75) is 72.1 Å². The van der Waals surface area contributed by atoms with E-state index in [2.05, 4.69) is 19.2 Å². The number of aryl methyl sites for hydroxylation is 1. The van der Waals surface area contributed by atoms with Crippen LogP contribution in [-0.4, -0.2) is 54.3 Å². The van der Waals surface area contributed by atoms with Crippen molar-refractivity contribution in [3.8, 4) is 0 Å². The van der Waals surface area contributed by atoms with Crippen LogP contribution < -0.4 is 10.2 Å². The molecule has 1 saturated heterocycles. The van der Waals surface area contributed by atoms with Gasteiger partial charge in [-0.15, -0.1) is 0 Å². The lowest BCUT2D eigenvalue weighted by molar-refractivity contribution is -0.132. The highest BCUT2D eigenvalue weighted by Crippen LogP contribution is 2.31. The quantitative estimate of drug-likeness (QED) is 0.529. The summed E-state index contributed by atoms with van der Waals surface area (Å²) in [7, 11) is 0. The van der Waals surface area contributed by atoms with Gasteiger partial charge in [-0.1, -0.05) is 81.6 Å². The fraction of sp³-hybridized carbons (Fsp3) is 0.484. The standard InChI is InChI=1S/C31H40N4O4/c1-22(2)19-26-25-16-12-13-23(3)28(25)35(20-27(36)34-17-10-5-4-6-11-18-34)30(37)29(32-26)33-31(38)39-21-24-14-8-7-9-15-24/h7-9,12-16,22,29H,4-6,10-11,17-21H2,1-3H3,(H,33,38)/t29-/m1/s1. The Morgan fingerprint density at radius 3 is 2.38 bits per heavy atom. The predicted molar refractivity (Wildman–Crippen MR) is 153 cm³/mol. The number of nitrogens with one attached hydrogen (secondary N) is 1. The first-order valence-corrected chi connectivity index (χ1v) is 14.1. The molecule has 4 rings (SSSR count). The Bertz CT molecular complexity index is 1190. The molecule has 1 atom stereocenters. The largest absolute Gasteiger partial charge is 0.445 e. The molecular weight excluding hydrogens is 492 g/mol. The summed E-state index contributed by atoms with van der Waals surface area (Å²) >= 11 is 0. The average Bonchev–Trinajstić information content (AvgIpc) is 2.99. The zero-order chi connectivity index (χ0) is 27.8. The SMILES string of the molecule is Cc1cccc2c1N(CC(=O)N1CCCCCCC1)C(=O)[C@@H](NC(=O)OCc1ccccc1)N=C2CC(C)C. The molecule has 0 saturated carbocycles. The molecule has 0 aromatic heterocycles. The van der Waals surface area contributed by atoms with E-state index in [0.29, 0.717) is 25.2 Å². The number of hydrogen-bond donors (Lipinski definition) is 1. The van der Waals surface area contributed by atoms with Gasteiger partial charge in [-0.2, -0.15) is 0 Å². The van der Waals surface area contributed by atoms with Gasteiger partial charge >= 0.3 is 6.09 Å². The number of nitrogens with zero attached hydrogens (tertiary/aromatic N) is 3. The highest BCUT2D eigenvalue weighted by Gasteiger charge is 2.35. The second-order valence-electron chi connectivity index (χ2n) is 10.8. The summed E-state index contributed by atoms with van der Waals surface area (Å²) in [5, 5.41) is 2.67. The van der Waals surface area contributed by atoms with E-state index >= 15 is 0 Å². The highest BCUT2D eigenvalue weighted by atomic mass is 16.5. The van der Waals surface area contributed by atoms with Gasteiger partial charge in [0.1, 0.15) is 13.2 Å². The Morgan fingerprint density at radius 1 is 1.00 bits per heavy atom. The molecule has 2 aromatic carbocycles. The molecule has 1 fully saturated rings. The number of anilines is 1. The Hall–Kier alpha value is -3.68. The smallest absolute Gasteiger partial charge is 0.409 e. The van der Waals surface area contributed by atoms with E-state index < -0.39 is 18.2 Å². The number of fused-ring (bicyclic) bond motifs is 1. The van der Waals surface area contributed by atoms with Crippen molar-refractivity contribution in [3.63, 3.8) is 0 Å². The van der Waals surface area contributed by atoms with Crippen LogP contribution in [-0.2, 0) is 20.9 Å². The minimum absolute atomic E-state index is 0.0760. The van der Waals surface area contributed by atoms with E-state index in [1.54, 1.807) is 0 Å².